The fourth-order valence-corrected chi connectivity index (χ4v) is 1.88. The van der Waals surface area contributed by atoms with Crippen molar-refractivity contribution in [2.75, 3.05) is 0 Å². The number of hydrogen-bond donors (Lipinski definition) is 1. The maximum absolute atomic E-state index is 5.97. The quantitative estimate of drug-likeness (QED) is 0.860. The van der Waals surface area contributed by atoms with Gasteiger partial charge in [0.05, 0.1) is 6.54 Å². The van der Waals surface area contributed by atoms with Crippen molar-refractivity contribution in [3.63, 3.8) is 0 Å². The van der Waals surface area contributed by atoms with Gasteiger partial charge in [-0.25, -0.2) is 0 Å². The summed E-state index contributed by atoms with van der Waals surface area (Å²) in [7, 11) is 0. The van der Waals surface area contributed by atoms with Gasteiger partial charge in [0.2, 0.25) is 0 Å². The van der Waals surface area contributed by atoms with E-state index < -0.39 is 0 Å². The summed E-state index contributed by atoms with van der Waals surface area (Å²) in [6.07, 6.45) is 1.11. The Kier molecular flexibility index (Phi) is 4.45. The Morgan fingerprint density at radius 2 is 2.11 bits per heavy atom. The zero-order valence-electron chi connectivity index (χ0n) is 10.7. The number of furan rings is 1. The van der Waals surface area contributed by atoms with Gasteiger partial charge < -0.3 is 9.73 Å². The predicted octanol–water partition coefficient (Wildman–Crippen LogP) is 4.49. The van der Waals surface area contributed by atoms with E-state index in [2.05, 4.69) is 19.2 Å². The van der Waals surface area contributed by atoms with Crippen LogP contribution in [-0.2, 0) is 6.54 Å². The highest BCUT2D eigenvalue weighted by Gasteiger charge is 2.06. The first-order valence-electron chi connectivity index (χ1n) is 6.27. The molecule has 1 atom stereocenters. The van der Waals surface area contributed by atoms with Crippen molar-refractivity contribution >= 4 is 11.6 Å². The summed E-state index contributed by atoms with van der Waals surface area (Å²) < 4.78 is 5.80. The molecule has 1 aromatic heterocycles. The second kappa shape index (κ2) is 6.07. The van der Waals surface area contributed by atoms with Crippen LogP contribution in [0.1, 0.15) is 26.0 Å². The molecule has 2 aromatic rings. The molecule has 0 unspecified atom stereocenters. The molecule has 0 saturated heterocycles. The van der Waals surface area contributed by atoms with Crippen LogP contribution in [0.25, 0.3) is 11.3 Å². The Balaban J connectivity index is 2.06. The molecule has 1 aromatic carbocycles. The Labute approximate surface area is 113 Å². The maximum Gasteiger partial charge on any atom is 0.134 e. The molecular weight excluding hydrogens is 246 g/mol. The molecule has 18 heavy (non-hydrogen) atoms. The second-order valence-corrected chi connectivity index (χ2v) is 4.90. The maximum atomic E-state index is 5.97. The monoisotopic (exact) mass is 263 g/mol. The van der Waals surface area contributed by atoms with Gasteiger partial charge in [0.25, 0.3) is 0 Å². The molecule has 0 aliphatic heterocycles. The van der Waals surface area contributed by atoms with Gasteiger partial charge in [-0.2, -0.15) is 0 Å². The van der Waals surface area contributed by atoms with Gasteiger partial charge >= 0.3 is 0 Å². The van der Waals surface area contributed by atoms with Crippen LogP contribution in [0.2, 0.25) is 5.02 Å². The molecule has 0 saturated carbocycles. The molecule has 1 N–H and O–H groups in total. The van der Waals surface area contributed by atoms with Crippen LogP contribution in [-0.4, -0.2) is 6.04 Å². The van der Waals surface area contributed by atoms with Gasteiger partial charge in [0.1, 0.15) is 11.5 Å². The SMILES string of the molecule is CC[C@@H](C)NCc1ccc(-c2cccc(Cl)c2)o1. The van der Waals surface area contributed by atoms with Crippen molar-refractivity contribution in [3.8, 4) is 11.3 Å². The first-order chi connectivity index (χ1) is 8.69. The summed E-state index contributed by atoms with van der Waals surface area (Å²) >= 11 is 5.97. The van der Waals surface area contributed by atoms with E-state index in [9.17, 15) is 0 Å². The zero-order chi connectivity index (χ0) is 13.0. The normalized spacial score (nSPS) is 12.6. The van der Waals surface area contributed by atoms with Crippen LogP contribution in [0.15, 0.2) is 40.8 Å². The minimum absolute atomic E-state index is 0.504. The van der Waals surface area contributed by atoms with Gasteiger partial charge in [0, 0.05) is 16.6 Å². The average Bonchev–Trinajstić information content (AvgIpc) is 2.84. The fraction of sp³-hybridized carbons (Fsp3) is 0.333. The summed E-state index contributed by atoms with van der Waals surface area (Å²) in [6.45, 7) is 5.09. The van der Waals surface area contributed by atoms with E-state index in [0.29, 0.717) is 6.04 Å². The number of benzene rings is 1. The highest BCUT2D eigenvalue weighted by atomic mass is 35.5. The molecule has 2 rings (SSSR count). The third-order valence-corrected chi connectivity index (χ3v) is 3.24. The molecule has 96 valence electrons. The van der Waals surface area contributed by atoms with Crippen molar-refractivity contribution in [1.29, 1.82) is 0 Å². The number of halogens is 1. The standard InChI is InChI=1S/C15H18ClNO/c1-3-11(2)17-10-14-7-8-15(18-14)12-5-4-6-13(16)9-12/h4-9,11,17H,3,10H2,1-2H3/t11-/m1/s1. The van der Waals surface area contributed by atoms with E-state index in [0.717, 1.165) is 35.1 Å². The van der Waals surface area contributed by atoms with Crippen LogP contribution in [0.4, 0.5) is 0 Å². The Bertz CT molecular complexity index is 507. The van der Waals surface area contributed by atoms with Gasteiger partial charge in [-0.15, -0.1) is 0 Å². The average molecular weight is 264 g/mol. The molecule has 3 heteroatoms. The molecule has 2 nitrogen and oxygen atoms in total. The van der Waals surface area contributed by atoms with E-state index >= 15 is 0 Å². The van der Waals surface area contributed by atoms with Crippen LogP contribution in [0, 0.1) is 0 Å². The van der Waals surface area contributed by atoms with Crippen molar-refractivity contribution < 1.29 is 4.42 Å². The Morgan fingerprint density at radius 3 is 2.83 bits per heavy atom. The number of hydrogen-bond acceptors (Lipinski definition) is 2. The van der Waals surface area contributed by atoms with Crippen LogP contribution < -0.4 is 5.32 Å². The summed E-state index contributed by atoms with van der Waals surface area (Å²) in [5.41, 5.74) is 1.01. The lowest BCUT2D eigenvalue weighted by Crippen LogP contribution is -2.24. The Hall–Kier alpha value is -1.25. The van der Waals surface area contributed by atoms with Gasteiger partial charge in [-0.1, -0.05) is 30.7 Å². The molecule has 0 bridgehead atoms. The van der Waals surface area contributed by atoms with E-state index in [-0.39, 0.29) is 0 Å². The number of rotatable bonds is 5. The minimum atomic E-state index is 0.504. The van der Waals surface area contributed by atoms with E-state index in [1.165, 1.54) is 0 Å². The lowest BCUT2D eigenvalue weighted by atomic mass is 10.2. The number of nitrogens with one attached hydrogen (secondary N) is 1. The predicted molar refractivity (Wildman–Crippen MR) is 75.7 cm³/mol. The molecule has 0 aliphatic carbocycles. The van der Waals surface area contributed by atoms with Crippen LogP contribution in [0.3, 0.4) is 0 Å². The zero-order valence-corrected chi connectivity index (χ0v) is 11.5. The lowest BCUT2D eigenvalue weighted by molar-refractivity contribution is 0.457. The fourth-order valence-electron chi connectivity index (χ4n) is 1.69. The summed E-state index contributed by atoms with van der Waals surface area (Å²) in [6, 6.07) is 12.2. The van der Waals surface area contributed by atoms with Crippen molar-refractivity contribution in [2.24, 2.45) is 0 Å². The molecule has 0 aliphatic rings. The van der Waals surface area contributed by atoms with E-state index in [1.807, 2.05) is 36.4 Å². The van der Waals surface area contributed by atoms with Gasteiger partial charge in [-0.3, -0.25) is 0 Å². The largest absolute Gasteiger partial charge is 0.460 e. The van der Waals surface area contributed by atoms with Crippen LogP contribution in [0.5, 0.6) is 0 Å². The van der Waals surface area contributed by atoms with E-state index in [1.54, 1.807) is 0 Å². The highest BCUT2D eigenvalue weighted by Crippen LogP contribution is 2.24. The molecular formula is C15H18ClNO. The molecule has 0 fully saturated rings. The van der Waals surface area contributed by atoms with Gasteiger partial charge in [0.15, 0.2) is 0 Å². The van der Waals surface area contributed by atoms with Crippen molar-refractivity contribution in [2.45, 2.75) is 32.9 Å². The molecule has 1 heterocycles. The van der Waals surface area contributed by atoms with Crippen molar-refractivity contribution in [3.05, 3.63) is 47.2 Å². The first kappa shape index (κ1) is 13.2. The third kappa shape index (κ3) is 3.37. The summed E-state index contributed by atoms with van der Waals surface area (Å²) in [4.78, 5) is 0. The highest BCUT2D eigenvalue weighted by molar-refractivity contribution is 6.30. The second-order valence-electron chi connectivity index (χ2n) is 4.47. The topological polar surface area (TPSA) is 25.2 Å². The third-order valence-electron chi connectivity index (χ3n) is 3.01. The van der Waals surface area contributed by atoms with Gasteiger partial charge in [-0.05, 0) is 37.6 Å². The van der Waals surface area contributed by atoms with Crippen molar-refractivity contribution in [1.82, 2.24) is 5.32 Å². The van der Waals surface area contributed by atoms with E-state index in [4.69, 9.17) is 16.0 Å². The Morgan fingerprint density at radius 1 is 1.28 bits per heavy atom. The smallest absolute Gasteiger partial charge is 0.134 e. The molecule has 0 amide bonds. The van der Waals surface area contributed by atoms with Crippen LogP contribution >= 0.6 is 11.6 Å². The minimum Gasteiger partial charge on any atom is -0.460 e. The lowest BCUT2D eigenvalue weighted by Gasteiger charge is -2.08. The molecule has 0 spiro atoms. The molecule has 0 radical (unpaired) electrons. The summed E-state index contributed by atoms with van der Waals surface area (Å²) in [5, 5.41) is 4.13. The first-order valence-corrected chi connectivity index (χ1v) is 6.65. The summed E-state index contributed by atoms with van der Waals surface area (Å²) in [5.74, 6) is 1.81.